The van der Waals surface area contributed by atoms with E-state index in [1.165, 1.54) is 0 Å². The zero-order chi connectivity index (χ0) is 20.6. The molecule has 0 atom stereocenters. The number of nitrogens with zero attached hydrogens (tertiary/aromatic N) is 1. The number of nitrogens with one attached hydrogen (secondary N) is 1. The molecule has 3 aromatic carbocycles. The minimum atomic E-state index is 0.385. The Morgan fingerprint density at radius 3 is 2.55 bits per heavy atom. The van der Waals surface area contributed by atoms with Gasteiger partial charge in [-0.25, -0.2) is 0 Å². The molecule has 3 rings (SSSR count). The van der Waals surface area contributed by atoms with E-state index in [1.807, 2.05) is 66.7 Å². The van der Waals surface area contributed by atoms with Gasteiger partial charge in [0.2, 0.25) is 0 Å². The summed E-state index contributed by atoms with van der Waals surface area (Å²) in [5, 5.41) is 12.8. The van der Waals surface area contributed by atoms with Crippen LogP contribution in [0.2, 0.25) is 0 Å². The van der Waals surface area contributed by atoms with E-state index in [-0.39, 0.29) is 0 Å². The lowest BCUT2D eigenvalue weighted by atomic mass is 10.1. The Bertz CT molecular complexity index is 1080. The van der Waals surface area contributed by atoms with Crippen LogP contribution in [0.25, 0.3) is 6.08 Å². The van der Waals surface area contributed by atoms with Gasteiger partial charge in [0.15, 0.2) is 0 Å². The smallest absolute Gasteiger partial charge is 0.127 e. The van der Waals surface area contributed by atoms with Crippen LogP contribution in [0.3, 0.4) is 0 Å². The largest absolute Gasteiger partial charge is 0.488 e. The number of nitrogens with two attached hydrogens (primary N) is 1. The summed E-state index contributed by atoms with van der Waals surface area (Å²) >= 11 is 3.48. The van der Waals surface area contributed by atoms with Crippen molar-refractivity contribution in [3.63, 3.8) is 0 Å². The van der Waals surface area contributed by atoms with Gasteiger partial charge in [-0.1, -0.05) is 65.0 Å². The van der Waals surface area contributed by atoms with E-state index in [1.54, 1.807) is 12.1 Å². The molecule has 0 aliphatic carbocycles. The van der Waals surface area contributed by atoms with Crippen molar-refractivity contribution in [2.45, 2.75) is 6.61 Å². The highest BCUT2D eigenvalue weighted by molar-refractivity contribution is 9.10. The van der Waals surface area contributed by atoms with Gasteiger partial charge in [-0.3, -0.25) is 0 Å². The molecule has 0 saturated heterocycles. The van der Waals surface area contributed by atoms with Gasteiger partial charge in [-0.15, -0.1) is 0 Å². The molecule has 3 aromatic rings. The quantitative estimate of drug-likeness (QED) is 0.260. The second-order valence-corrected chi connectivity index (χ2v) is 7.23. The molecule has 0 bridgehead atoms. The Morgan fingerprint density at radius 2 is 1.83 bits per heavy atom. The number of halogens is 1. The van der Waals surface area contributed by atoms with Gasteiger partial charge < -0.3 is 15.8 Å². The Kier molecular flexibility index (Phi) is 6.72. The maximum Gasteiger partial charge on any atom is 0.127 e. The Morgan fingerprint density at radius 1 is 1.10 bits per heavy atom. The van der Waals surface area contributed by atoms with Crippen LogP contribution in [0.5, 0.6) is 5.75 Å². The van der Waals surface area contributed by atoms with Gasteiger partial charge in [-0.05, 0) is 42.0 Å². The fourth-order valence-corrected chi connectivity index (χ4v) is 3.06. The number of nitriles is 1. The van der Waals surface area contributed by atoms with Crippen molar-refractivity contribution in [3.05, 3.63) is 106 Å². The summed E-state index contributed by atoms with van der Waals surface area (Å²) in [5.41, 5.74) is 9.94. The average Bonchev–Trinajstić information content (AvgIpc) is 2.73. The summed E-state index contributed by atoms with van der Waals surface area (Å²) in [4.78, 5) is 0. The molecule has 0 saturated carbocycles. The molecular formula is C24H20BrN3O. The summed E-state index contributed by atoms with van der Waals surface area (Å²) < 4.78 is 6.88. The maximum atomic E-state index is 9.67. The van der Waals surface area contributed by atoms with Crippen molar-refractivity contribution in [3.8, 4) is 11.8 Å². The van der Waals surface area contributed by atoms with Crippen LogP contribution >= 0.6 is 15.9 Å². The molecule has 4 nitrogen and oxygen atoms in total. The molecule has 0 aliphatic heterocycles. The highest BCUT2D eigenvalue weighted by Crippen LogP contribution is 2.28. The molecule has 0 heterocycles. The number of ether oxygens (including phenoxy) is 1. The van der Waals surface area contributed by atoms with Crippen LogP contribution in [-0.4, -0.2) is 0 Å². The fourth-order valence-electron chi connectivity index (χ4n) is 2.68. The first-order valence-corrected chi connectivity index (χ1v) is 9.75. The van der Waals surface area contributed by atoms with E-state index in [0.29, 0.717) is 35.0 Å². The van der Waals surface area contributed by atoms with Gasteiger partial charge >= 0.3 is 0 Å². The van der Waals surface area contributed by atoms with Crippen molar-refractivity contribution >= 4 is 33.4 Å². The molecule has 0 aromatic heterocycles. The van der Waals surface area contributed by atoms with Gasteiger partial charge in [0.1, 0.15) is 18.4 Å². The third kappa shape index (κ3) is 5.50. The summed E-state index contributed by atoms with van der Waals surface area (Å²) in [6.07, 6.45) is 1.75. The number of anilines is 2. The van der Waals surface area contributed by atoms with Crippen molar-refractivity contribution in [1.29, 1.82) is 5.26 Å². The van der Waals surface area contributed by atoms with Crippen LogP contribution in [0, 0.1) is 11.3 Å². The van der Waals surface area contributed by atoms with Crippen LogP contribution in [-0.2, 0) is 6.61 Å². The van der Waals surface area contributed by atoms with E-state index in [2.05, 4.69) is 33.9 Å². The first-order chi connectivity index (χ1) is 14.1. The lowest BCUT2D eigenvalue weighted by molar-refractivity contribution is 0.305. The van der Waals surface area contributed by atoms with Gasteiger partial charge in [0.05, 0.1) is 16.9 Å². The molecule has 5 heteroatoms. The molecular weight excluding hydrogens is 426 g/mol. The number of para-hydroxylation sites is 2. The number of nitrogen functional groups attached to an aromatic ring is 1. The zero-order valence-corrected chi connectivity index (χ0v) is 17.3. The Hall–Kier alpha value is -3.49. The molecule has 0 radical (unpaired) electrons. The third-order valence-corrected chi connectivity index (χ3v) is 4.69. The predicted molar refractivity (Wildman–Crippen MR) is 122 cm³/mol. The lowest BCUT2D eigenvalue weighted by Gasteiger charge is -2.13. The summed E-state index contributed by atoms with van der Waals surface area (Å²) in [6, 6.07) is 25.1. The molecule has 3 N–H and O–H groups in total. The van der Waals surface area contributed by atoms with Crippen LogP contribution in [0.4, 0.5) is 11.4 Å². The third-order valence-electron chi connectivity index (χ3n) is 4.20. The van der Waals surface area contributed by atoms with E-state index < -0.39 is 0 Å². The first kappa shape index (κ1) is 20.2. The second kappa shape index (κ2) is 9.63. The second-order valence-electron chi connectivity index (χ2n) is 6.32. The normalized spacial score (nSPS) is 10.8. The lowest BCUT2D eigenvalue weighted by Crippen LogP contribution is -2.03. The number of hydrogen-bond acceptors (Lipinski definition) is 4. The zero-order valence-electron chi connectivity index (χ0n) is 15.7. The Labute approximate surface area is 179 Å². The van der Waals surface area contributed by atoms with Crippen molar-refractivity contribution < 1.29 is 4.74 Å². The number of benzene rings is 3. The van der Waals surface area contributed by atoms with Crippen LogP contribution in [0.1, 0.15) is 11.1 Å². The summed E-state index contributed by atoms with van der Waals surface area (Å²) in [6.45, 7) is 4.43. The number of allylic oxidation sites excluding steroid dienone is 1. The number of hydrogen-bond donors (Lipinski definition) is 2. The van der Waals surface area contributed by atoms with Crippen molar-refractivity contribution in [2.24, 2.45) is 0 Å². The van der Waals surface area contributed by atoms with Crippen LogP contribution in [0.15, 0.2) is 95.1 Å². The van der Waals surface area contributed by atoms with E-state index in [4.69, 9.17) is 10.5 Å². The molecule has 29 heavy (non-hydrogen) atoms. The minimum absolute atomic E-state index is 0.385. The average molecular weight is 446 g/mol. The molecule has 144 valence electrons. The summed E-state index contributed by atoms with van der Waals surface area (Å²) in [5.74, 6) is 0.678. The van der Waals surface area contributed by atoms with Gasteiger partial charge in [0.25, 0.3) is 0 Å². The van der Waals surface area contributed by atoms with Gasteiger partial charge in [0, 0.05) is 15.7 Å². The molecule has 0 amide bonds. The minimum Gasteiger partial charge on any atom is -0.488 e. The fraction of sp³-hybridized carbons (Fsp3) is 0.0417. The van der Waals surface area contributed by atoms with Crippen LogP contribution < -0.4 is 15.8 Å². The predicted octanol–water partition coefficient (Wildman–Crippen LogP) is 6.14. The first-order valence-electron chi connectivity index (χ1n) is 8.95. The highest BCUT2D eigenvalue weighted by atomic mass is 79.9. The SMILES string of the molecule is C=C(Nc1ccccc1N)C(C#N)=Cc1cc(Br)ccc1OCc1ccccc1. The van der Waals surface area contributed by atoms with E-state index in [9.17, 15) is 5.26 Å². The van der Waals surface area contributed by atoms with E-state index in [0.717, 1.165) is 15.6 Å². The molecule has 0 spiro atoms. The summed E-state index contributed by atoms with van der Waals surface area (Å²) in [7, 11) is 0. The standard InChI is InChI=1S/C24H20BrN3O/c1-17(28-23-10-6-5-9-22(23)27)20(15-26)13-19-14-21(25)11-12-24(19)29-16-18-7-3-2-4-8-18/h2-14,28H,1,16,27H2. The highest BCUT2D eigenvalue weighted by Gasteiger charge is 2.09. The number of rotatable bonds is 7. The monoisotopic (exact) mass is 445 g/mol. The maximum absolute atomic E-state index is 9.67. The topological polar surface area (TPSA) is 71.1 Å². The Balaban J connectivity index is 1.84. The molecule has 0 fully saturated rings. The van der Waals surface area contributed by atoms with Gasteiger partial charge in [-0.2, -0.15) is 5.26 Å². The van der Waals surface area contributed by atoms with E-state index >= 15 is 0 Å². The van der Waals surface area contributed by atoms with Crippen molar-refractivity contribution in [2.75, 3.05) is 11.1 Å². The molecule has 0 aliphatic rings. The van der Waals surface area contributed by atoms with Crippen molar-refractivity contribution in [1.82, 2.24) is 0 Å². The molecule has 0 unspecified atom stereocenters.